The standard InChI is InChI=1S/C11H21NO4S2/c1-11(2,3)16-7-9(13)12-5-6-17-8-10(12)18(4,14)15/h10H,5-8H2,1-4H3. The number of nitrogens with zero attached hydrogens (tertiary/aromatic N) is 1. The highest BCUT2D eigenvalue weighted by molar-refractivity contribution is 8.00. The lowest BCUT2D eigenvalue weighted by molar-refractivity contribution is -0.141. The van der Waals surface area contributed by atoms with Crippen LogP contribution >= 0.6 is 11.8 Å². The monoisotopic (exact) mass is 295 g/mol. The second kappa shape index (κ2) is 5.79. The maximum absolute atomic E-state index is 12.0. The zero-order valence-electron chi connectivity index (χ0n) is 11.3. The van der Waals surface area contributed by atoms with Crippen molar-refractivity contribution >= 4 is 27.5 Å². The zero-order chi connectivity index (χ0) is 14.0. The molecule has 1 saturated heterocycles. The van der Waals surface area contributed by atoms with Crippen LogP contribution in [0.15, 0.2) is 0 Å². The van der Waals surface area contributed by atoms with E-state index < -0.39 is 20.8 Å². The summed E-state index contributed by atoms with van der Waals surface area (Å²) in [5.74, 6) is 0.966. The fourth-order valence-electron chi connectivity index (χ4n) is 1.58. The van der Waals surface area contributed by atoms with Crippen molar-refractivity contribution in [2.45, 2.75) is 31.7 Å². The molecule has 0 aliphatic carbocycles. The number of thioether (sulfide) groups is 1. The van der Waals surface area contributed by atoms with Gasteiger partial charge >= 0.3 is 0 Å². The van der Waals surface area contributed by atoms with Crippen LogP contribution in [0.1, 0.15) is 20.8 Å². The normalized spacial score (nSPS) is 22.0. The predicted octanol–water partition coefficient (Wildman–Crippen LogP) is 0.748. The van der Waals surface area contributed by atoms with E-state index >= 15 is 0 Å². The van der Waals surface area contributed by atoms with Crippen molar-refractivity contribution in [3.8, 4) is 0 Å². The molecule has 106 valence electrons. The summed E-state index contributed by atoms with van der Waals surface area (Å²) >= 11 is 1.56. The highest BCUT2D eigenvalue weighted by Crippen LogP contribution is 2.20. The number of ether oxygens (including phenoxy) is 1. The number of carbonyl (C=O) groups excluding carboxylic acids is 1. The van der Waals surface area contributed by atoms with Gasteiger partial charge in [-0.3, -0.25) is 4.79 Å². The average Bonchev–Trinajstić information content (AvgIpc) is 2.24. The van der Waals surface area contributed by atoms with Crippen LogP contribution in [0.3, 0.4) is 0 Å². The molecule has 0 aromatic rings. The third-order valence-electron chi connectivity index (χ3n) is 2.53. The van der Waals surface area contributed by atoms with Crippen LogP contribution in [-0.4, -0.2) is 61.1 Å². The van der Waals surface area contributed by atoms with Crippen molar-refractivity contribution in [2.24, 2.45) is 0 Å². The van der Waals surface area contributed by atoms with E-state index in [1.807, 2.05) is 20.8 Å². The summed E-state index contributed by atoms with van der Waals surface area (Å²) in [4.78, 5) is 13.5. The Morgan fingerprint density at radius 3 is 2.56 bits per heavy atom. The van der Waals surface area contributed by atoms with Crippen LogP contribution in [0.5, 0.6) is 0 Å². The van der Waals surface area contributed by atoms with Crippen molar-refractivity contribution in [3.63, 3.8) is 0 Å². The van der Waals surface area contributed by atoms with Crippen LogP contribution in [0.25, 0.3) is 0 Å². The van der Waals surface area contributed by atoms with E-state index in [0.717, 1.165) is 5.75 Å². The SMILES string of the molecule is CC(C)(C)OCC(=O)N1CCSCC1S(C)(=O)=O. The minimum Gasteiger partial charge on any atom is -0.366 e. The Hall–Kier alpha value is -0.270. The number of rotatable bonds is 3. The molecule has 1 aliphatic rings. The second-order valence-electron chi connectivity index (χ2n) is 5.35. The molecule has 1 fully saturated rings. The molecule has 7 heteroatoms. The first-order valence-electron chi connectivity index (χ1n) is 5.81. The number of carbonyl (C=O) groups is 1. The maximum atomic E-state index is 12.0. The van der Waals surface area contributed by atoms with Crippen molar-refractivity contribution in [2.75, 3.05) is 30.9 Å². The Bertz CT molecular complexity index is 400. The summed E-state index contributed by atoms with van der Waals surface area (Å²) in [7, 11) is -3.25. The molecule has 18 heavy (non-hydrogen) atoms. The van der Waals surface area contributed by atoms with Crippen LogP contribution in [0.2, 0.25) is 0 Å². The average molecular weight is 295 g/mol. The van der Waals surface area contributed by atoms with Gasteiger partial charge in [-0.15, -0.1) is 0 Å². The summed E-state index contributed by atoms with van der Waals surface area (Å²) in [6.45, 7) is 5.98. The number of hydrogen-bond acceptors (Lipinski definition) is 5. The topological polar surface area (TPSA) is 63.7 Å². The lowest BCUT2D eigenvalue weighted by Crippen LogP contribution is -2.51. The van der Waals surface area contributed by atoms with Gasteiger partial charge in [0.15, 0.2) is 9.84 Å². The first-order valence-corrected chi connectivity index (χ1v) is 8.92. The number of amides is 1. The summed E-state index contributed by atoms with van der Waals surface area (Å²) in [5, 5.41) is -0.715. The molecule has 1 aliphatic heterocycles. The van der Waals surface area contributed by atoms with Crippen LogP contribution in [-0.2, 0) is 19.4 Å². The molecule has 1 heterocycles. The molecule has 1 amide bonds. The molecule has 0 saturated carbocycles. The van der Waals surface area contributed by atoms with Crippen LogP contribution in [0, 0.1) is 0 Å². The Morgan fingerprint density at radius 2 is 2.06 bits per heavy atom. The third kappa shape index (κ3) is 4.78. The molecule has 1 rings (SSSR count). The highest BCUT2D eigenvalue weighted by atomic mass is 32.2. The Balaban J connectivity index is 2.70. The van der Waals surface area contributed by atoms with E-state index in [-0.39, 0.29) is 12.5 Å². The summed E-state index contributed by atoms with van der Waals surface area (Å²) in [5.41, 5.74) is -0.402. The molecule has 1 unspecified atom stereocenters. The molecule has 0 bridgehead atoms. The fourth-order valence-corrected chi connectivity index (χ4v) is 4.42. The molecule has 0 aromatic heterocycles. The van der Waals surface area contributed by atoms with E-state index in [0.29, 0.717) is 12.3 Å². The maximum Gasteiger partial charge on any atom is 0.249 e. The van der Waals surface area contributed by atoms with E-state index in [1.165, 1.54) is 11.2 Å². The van der Waals surface area contributed by atoms with Gasteiger partial charge in [0.1, 0.15) is 12.0 Å². The fraction of sp³-hybridized carbons (Fsp3) is 0.909. The smallest absolute Gasteiger partial charge is 0.249 e. The predicted molar refractivity (Wildman–Crippen MR) is 73.4 cm³/mol. The first-order chi connectivity index (χ1) is 8.11. The molecule has 0 radical (unpaired) electrons. The summed E-state index contributed by atoms with van der Waals surface area (Å²) in [6.07, 6.45) is 1.18. The van der Waals surface area contributed by atoms with Gasteiger partial charge in [-0.1, -0.05) is 0 Å². The quantitative estimate of drug-likeness (QED) is 0.769. The first kappa shape index (κ1) is 15.8. The van der Waals surface area contributed by atoms with Crippen molar-refractivity contribution in [1.82, 2.24) is 4.90 Å². The van der Waals surface area contributed by atoms with Crippen molar-refractivity contribution < 1.29 is 17.9 Å². The Morgan fingerprint density at radius 1 is 1.44 bits per heavy atom. The van der Waals surface area contributed by atoms with Gasteiger partial charge in [0.05, 0.1) is 5.60 Å². The van der Waals surface area contributed by atoms with E-state index in [4.69, 9.17) is 4.74 Å². The Kier molecular flexibility index (Phi) is 5.08. The lowest BCUT2D eigenvalue weighted by atomic mass is 10.2. The minimum absolute atomic E-state index is 0.0693. The molecule has 1 atom stereocenters. The molecule has 0 spiro atoms. The minimum atomic E-state index is -3.25. The van der Waals surface area contributed by atoms with Gasteiger partial charge < -0.3 is 9.64 Å². The van der Waals surface area contributed by atoms with Crippen LogP contribution in [0.4, 0.5) is 0 Å². The van der Waals surface area contributed by atoms with Gasteiger partial charge in [-0.25, -0.2) is 8.42 Å². The highest BCUT2D eigenvalue weighted by Gasteiger charge is 2.34. The third-order valence-corrected chi connectivity index (χ3v) is 5.17. The lowest BCUT2D eigenvalue weighted by Gasteiger charge is -2.34. The zero-order valence-corrected chi connectivity index (χ0v) is 12.9. The second-order valence-corrected chi connectivity index (χ2v) is 8.70. The van der Waals surface area contributed by atoms with Gasteiger partial charge in [-0.05, 0) is 20.8 Å². The van der Waals surface area contributed by atoms with E-state index in [1.54, 1.807) is 11.8 Å². The van der Waals surface area contributed by atoms with Crippen molar-refractivity contribution in [1.29, 1.82) is 0 Å². The number of hydrogen-bond donors (Lipinski definition) is 0. The molecule has 5 nitrogen and oxygen atoms in total. The summed E-state index contributed by atoms with van der Waals surface area (Å²) < 4.78 is 28.7. The Labute approximate surface area is 113 Å². The summed E-state index contributed by atoms with van der Waals surface area (Å²) in [6, 6.07) is 0. The van der Waals surface area contributed by atoms with E-state index in [9.17, 15) is 13.2 Å². The van der Waals surface area contributed by atoms with Gasteiger partial charge in [0, 0.05) is 24.3 Å². The van der Waals surface area contributed by atoms with Gasteiger partial charge in [0.25, 0.3) is 0 Å². The molecular formula is C11H21NO4S2. The molecule has 0 aromatic carbocycles. The largest absolute Gasteiger partial charge is 0.366 e. The van der Waals surface area contributed by atoms with Crippen LogP contribution < -0.4 is 0 Å². The van der Waals surface area contributed by atoms with Gasteiger partial charge in [-0.2, -0.15) is 11.8 Å². The van der Waals surface area contributed by atoms with Crippen molar-refractivity contribution in [3.05, 3.63) is 0 Å². The number of sulfone groups is 1. The molecular weight excluding hydrogens is 274 g/mol. The molecule has 0 N–H and O–H groups in total. The van der Waals surface area contributed by atoms with Gasteiger partial charge in [0.2, 0.25) is 5.91 Å². The van der Waals surface area contributed by atoms with E-state index in [2.05, 4.69) is 0 Å².